The van der Waals surface area contributed by atoms with Gasteiger partial charge in [-0.2, -0.15) is 0 Å². The molecule has 0 aliphatic carbocycles. The molecule has 1 nitrogen and oxygen atoms in total. The van der Waals surface area contributed by atoms with Crippen molar-refractivity contribution in [1.29, 1.82) is 0 Å². The van der Waals surface area contributed by atoms with Gasteiger partial charge in [0.1, 0.15) is 0 Å². The molecule has 0 N–H and O–H groups in total. The zero-order valence-corrected chi connectivity index (χ0v) is 3.34. The molecule has 0 heterocycles. The Morgan fingerprint density at radius 1 is 2.00 bits per heavy atom. The van der Waals surface area contributed by atoms with Crippen LogP contribution >= 0.6 is 0 Å². The standard InChI is InChI=1S/C2H5OS/c1-4(2)3/h1H2,2H3/q+1/t4-/m1/s1. The van der Waals surface area contributed by atoms with Gasteiger partial charge >= 0.3 is 0 Å². The molecule has 0 radical (unpaired) electrons. The van der Waals surface area contributed by atoms with Crippen molar-refractivity contribution in [2.75, 3.05) is 6.26 Å². The van der Waals surface area contributed by atoms with Gasteiger partial charge in [0.15, 0.2) is 17.1 Å². The summed E-state index contributed by atoms with van der Waals surface area (Å²) in [6.45, 7) is 0. The average Bonchev–Trinajstić information content (AvgIpc) is 0.811. The van der Waals surface area contributed by atoms with Gasteiger partial charge in [-0.25, -0.2) is 4.21 Å². The van der Waals surface area contributed by atoms with E-state index in [2.05, 4.69) is 6.26 Å². The van der Waals surface area contributed by atoms with E-state index in [1.54, 1.807) is 0 Å². The first-order valence-electron chi connectivity index (χ1n) is 0.864. The van der Waals surface area contributed by atoms with Crippen molar-refractivity contribution in [1.82, 2.24) is 0 Å². The highest BCUT2D eigenvalue weighted by Gasteiger charge is 1.71. The number of rotatable bonds is 0. The summed E-state index contributed by atoms with van der Waals surface area (Å²) in [4.78, 5) is 0. The molecule has 0 saturated heterocycles. The molecule has 0 aromatic rings. The highest BCUT2D eigenvalue weighted by atomic mass is 32.2. The van der Waals surface area contributed by atoms with Crippen LogP contribution in [0.3, 0.4) is 0 Å². The fourth-order valence-electron chi connectivity index (χ4n) is 0. The maximum Gasteiger partial charge on any atom is 0.195 e. The first-order chi connectivity index (χ1) is 1.73. The largest absolute Gasteiger partial charge is 0.210 e. The van der Waals surface area contributed by atoms with Crippen molar-refractivity contribution < 1.29 is 4.21 Å². The second-order valence-corrected chi connectivity index (χ2v) is 1.72. The lowest BCUT2D eigenvalue weighted by atomic mass is 11.9. The van der Waals surface area contributed by atoms with Gasteiger partial charge in [0, 0.05) is 0 Å². The third kappa shape index (κ3) is 5250. The minimum atomic E-state index is -0.861. The van der Waals surface area contributed by atoms with Gasteiger partial charge in [-0.3, -0.25) is 0 Å². The molecule has 0 aromatic carbocycles. The first-order valence-corrected chi connectivity index (χ1v) is 2.59. The quantitative estimate of drug-likeness (QED) is 0.376. The molecule has 0 rings (SSSR count). The molecule has 0 aromatic heterocycles. The monoisotopic (exact) mass is 77.0 g/mol. The topological polar surface area (TPSA) is 17.1 Å². The van der Waals surface area contributed by atoms with Gasteiger partial charge in [0.2, 0.25) is 0 Å². The summed E-state index contributed by atoms with van der Waals surface area (Å²) in [6.07, 6.45) is 4.64. The summed E-state index contributed by atoms with van der Waals surface area (Å²) in [7, 11) is -0.861. The summed E-state index contributed by atoms with van der Waals surface area (Å²) < 4.78 is 9.44. The highest BCUT2D eigenvalue weighted by molar-refractivity contribution is 7.85. The van der Waals surface area contributed by atoms with Crippen molar-refractivity contribution in [3.05, 3.63) is 6.26 Å². The Morgan fingerprint density at radius 3 is 2.00 bits per heavy atom. The van der Waals surface area contributed by atoms with Crippen LogP contribution in [0.1, 0.15) is 0 Å². The maximum absolute atomic E-state index is 9.44. The van der Waals surface area contributed by atoms with E-state index < -0.39 is 10.8 Å². The van der Waals surface area contributed by atoms with E-state index in [9.17, 15) is 4.21 Å². The fraction of sp³-hybridized carbons (Fsp3) is 0.500. The first kappa shape index (κ1) is 4.02. The van der Waals surface area contributed by atoms with Crippen LogP contribution in [0.25, 0.3) is 0 Å². The molecule has 0 aliphatic rings. The lowest BCUT2D eigenvalue weighted by Crippen LogP contribution is -1.65. The Kier molecular flexibility index (Phi) is 1.36. The summed E-state index contributed by atoms with van der Waals surface area (Å²) >= 11 is 0. The van der Waals surface area contributed by atoms with Crippen LogP contribution in [0.5, 0.6) is 0 Å². The molecular formula is C2H5OS+. The fourth-order valence-corrected chi connectivity index (χ4v) is 0. The molecule has 4 heavy (non-hydrogen) atoms. The van der Waals surface area contributed by atoms with Crippen molar-refractivity contribution in [3.8, 4) is 0 Å². The minimum absolute atomic E-state index is 0.861. The van der Waals surface area contributed by atoms with E-state index in [4.69, 9.17) is 0 Å². The molecule has 0 fully saturated rings. The summed E-state index contributed by atoms with van der Waals surface area (Å²) in [5.41, 5.74) is 0. The van der Waals surface area contributed by atoms with E-state index in [1.165, 1.54) is 6.26 Å². The van der Waals surface area contributed by atoms with Crippen LogP contribution in [0, 0.1) is 6.26 Å². The smallest absolute Gasteiger partial charge is 0.195 e. The van der Waals surface area contributed by atoms with Gasteiger partial charge < -0.3 is 0 Å². The van der Waals surface area contributed by atoms with Crippen molar-refractivity contribution in [3.63, 3.8) is 0 Å². The van der Waals surface area contributed by atoms with E-state index >= 15 is 0 Å². The molecule has 24 valence electrons. The molecule has 2 heteroatoms. The second-order valence-electron chi connectivity index (χ2n) is 0.573. The molecule has 1 atom stereocenters. The number of hydrogen-bond donors (Lipinski definition) is 0. The van der Waals surface area contributed by atoms with Crippen molar-refractivity contribution in [2.45, 2.75) is 0 Å². The maximum atomic E-state index is 9.44. The molecule has 0 saturated carbocycles. The number of hydrogen-bond acceptors (Lipinski definition) is 1. The average molecular weight is 77.1 g/mol. The van der Waals surface area contributed by atoms with Crippen molar-refractivity contribution in [2.24, 2.45) is 0 Å². The third-order valence-electron chi connectivity index (χ3n) is 0. The highest BCUT2D eigenvalue weighted by Crippen LogP contribution is 1.53. The molecule has 0 unspecified atom stereocenters. The molecule has 0 bridgehead atoms. The lowest BCUT2D eigenvalue weighted by molar-refractivity contribution is 0.691. The normalized spacial score (nSPS) is 15.2. The van der Waals surface area contributed by atoms with Gasteiger partial charge in [-0.05, 0) is 0 Å². The van der Waals surface area contributed by atoms with Crippen LogP contribution in [-0.4, -0.2) is 10.5 Å². The van der Waals surface area contributed by atoms with Crippen LogP contribution in [0.4, 0.5) is 0 Å². The third-order valence-corrected chi connectivity index (χ3v) is 0. The molecule has 0 amide bonds. The zero-order chi connectivity index (χ0) is 3.58. The summed E-state index contributed by atoms with van der Waals surface area (Å²) in [5.74, 6) is 0. The zero-order valence-electron chi connectivity index (χ0n) is 2.52. The molecule has 0 aliphatic heterocycles. The summed E-state index contributed by atoms with van der Waals surface area (Å²) in [6, 6.07) is 0. The predicted octanol–water partition coefficient (Wildman–Crippen LogP) is 0.156. The van der Waals surface area contributed by atoms with E-state index in [-0.39, 0.29) is 0 Å². The van der Waals surface area contributed by atoms with Gasteiger partial charge in [-0.15, -0.1) is 0 Å². The molecular weight excluding hydrogens is 72.1 g/mol. The Labute approximate surface area is 28.5 Å². The van der Waals surface area contributed by atoms with Crippen LogP contribution in [0.15, 0.2) is 0 Å². The Bertz CT molecular complexity index is 29.0. The Balaban J connectivity index is 2.80. The lowest BCUT2D eigenvalue weighted by Gasteiger charge is -1.47. The van der Waals surface area contributed by atoms with Gasteiger partial charge in [0.05, 0.1) is 6.26 Å². The predicted molar refractivity (Wildman–Crippen MR) is 19.4 cm³/mol. The van der Waals surface area contributed by atoms with Gasteiger partial charge in [0.25, 0.3) is 0 Å². The van der Waals surface area contributed by atoms with Crippen molar-refractivity contribution >= 4 is 10.8 Å². The van der Waals surface area contributed by atoms with Crippen LogP contribution in [0.2, 0.25) is 0 Å². The van der Waals surface area contributed by atoms with Gasteiger partial charge in [-0.1, -0.05) is 0 Å². The van der Waals surface area contributed by atoms with E-state index in [1.807, 2.05) is 0 Å². The summed E-state index contributed by atoms with van der Waals surface area (Å²) in [5, 5.41) is 0. The second kappa shape index (κ2) is 1.35. The van der Waals surface area contributed by atoms with E-state index in [0.29, 0.717) is 0 Å². The minimum Gasteiger partial charge on any atom is -0.210 e. The van der Waals surface area contributed by atoms with Crippen LogP contribution < -0.4 is 0 Å². The molecule has 0 spiro atoms. The SMILES string of the molecule is [CH2+][S@](C)=O. The Hall–Kier alpha value is 0.0200. The Morgan fingerprint density at radius 2 is 2.00 bits per heavy atom. The van der Waals surface area contributed by atoms with E-state index in [0.717, 1.165) is 0 Å². The van der Waals surface area contributed by atoms with Crippen LogP contribution in [-0.2, 0) is 10.8 Å².